The topological polar surface area (TPSA) is 90.7 Å². The summed E-state index contributed by atoms with van der Waals surface area (Å²) in [4.78, 5) is 22.0. The van der Waals surface area contributed by atoms with Crippen LogP contribution in [0.15, 0.2) is 48.5 Å². The zero-order valence-corrected chi connectivity index (χ0v) is 15.3. The summed E-state index contributed by atoms with van der Waals surface area (Å²) in [6, 6.07) is 11.8. The number of nitrogens with one attached hydrogen (secondary N) is 1. The molecular formula is C20H22N2O5. The van der Waals surface area contributed by atoms with Gasteiger partial charge in [0.05, 0.1) is 19.1 Å². The first-order valence-corrected chi connectivity index (χ1v) is 8.44. The number of aryl methyl sites for hydroxylation is 1. The third-order valence-electron chi connectivity index (χ3n) is 3.92. The highest BCUT2D eigenvalue weighted by molar-refractivity contribution is 5.91. The summed E-state index contributed by atoms with van der Waals surface area (Å²) in [5.41, 5.74) is 1.84. The van der Waals surface area contributed by atoms with Gasteiger partial charge in [-0.1, -0.05) is 6.07 Å². The molecule has 0 unspecified atom stereocenters. The number of methoxy groups -OCH3 is 2. The minimum Gasteiger partial charge on any atom is -0.493 e. The van der Waals surface area contributed by atoms with Crippen LogP contribution in [-0.4, -0.2) is 31.6 Å². The Morgan fingerprint density at radius 2 is 1.81 bits per heavy atom. The summed E-state index contributed by atoms with van der Waals surface area (Å²) < 4.78 is 10.5. The molecule has 0 saturated carbocycles. The van der Waals surface area contributed by atoms with Gasteiger partial charge in [-0.2, -0.15) is 0 Å². The van der Waals surface area contributed by atoms with Crippen molar-refractivity contribution in [1.29, 1.82) is 0 Å². The summed E-state index contributed by atoms with van der Waals surface area (Å²) in [6.45, 7) is 0.539. The summed E-state index contributed by atoms with van der Waals surface area (Å²) in [5.74, 6) is 1.16. The van der Waals surface area contributed by atoms with Crippen molar-refractivity contribution in [3.63, 3.8) is 0 Å². The highest BCUT2D eigenvalue weighted by Crippen LogP contribution is 2.27. The molecular weight excluding hydrogens is 348 g/mol. The van der Waals surface area contributed by atoms with Gasteiger partial charge in [0, 0.05) is 24.8 Å². The van der Waals surface area contributed by atoms with Gasteiger partial charge in [-0.05, 0) is 54.3 Å². The van der Waals surface area contributed by atoms with Crippen molar-refractivity contribution in [1.82, 2.24) is 5.32 Å². The zero-order valence-electron chi connectivity index (χ0n) is 15.3. The van der Waals surface area contributed by atoms with Crippen molar-refractivity contribution in [2.75, 3.05) is 20.8 Å². The van der Waals surface area contributed by atoms with Gasteiger partial charge in [-0.25, -0.2) is 0 Å². The van der Waals surface area contributed by atoms with E-state index in [1.54, 1.807) is 32.4 Å². The van der Waals surface area contributed by atoms with Crippen LogP contribution in [0.4, 0.5) is 5.69 Å². The third kappa shape index (κ3) is 6.14. The maximum Gasteiger partial charge on any atom is 0.269 e. The summed E-state index contributed by atoms with van der Waals surface area (Å²) in [5, 5.41) is 13.4. The molecule has 1 N–H and O–H groups in total. The van der Waals surface area contributed by atoms with E-state index in [0.29, 0.717) is 18.0 Å². The van der Waals surface area contributed by atoms with E-state index in [2.05, 4.69) is 5.32 Å². The number of nitro benzene ring substituents is 1. The van der Waals surface area contributed by atoms with E-state index in [1.807, 2.05) is 18.2 Å². The van der Waals surface area contributed by atoms with Crippen LogP contribution in [0, 0.1) is 10.1 Å². The smallest absolute Gasteiger partial charge is 0.269 e. The molecule has 0 bridgehead atoms. The molecule has 0 saturated heterocycles. The Kier molecular flexibility index (Phi) is 7.37. The van der Waals surface area contributed by atoms with E-state index >= 15 is 0 Å². The van der Waals surface area contributed by atoms with Crippen LogP contribution in [0.2, 0.25) is 0 Å². The molecule has 0 atom stereocenters. The van der Waals surface area contributed by atoms with E-state index in [4.69, 9.17) is 9.47 Å². The van der Waals surface area contributed by atoms with Gasteiger partial charge in [0.1, 0.15) is 0 Å². The van der Waals surface area contributed by atoms with E-state index in [9.17, 15) is 14.9 Å². The molecule has 0 aliphatic heterocycles. The van der Waals surface area contributed by atoms with Crippen molar-refractivity contribution in [2.45, 2.75) is 12.8 Å². The fraction of sp³-hybridized carbons (Fsp3) is 0.250. The molecule has 0 fully saturated rings. The van der Waals surface area contributed by atoms with Crippen LogP contribution < -0.4 is 14.8 Å². The van der Waals surface area contributed by atoms with Crippen LogP contribution in [-0.2, 0) is 11.2 Å². The Morgan fingerprint density at radius 1 is 1.11 bits per heavy atom. The largest absolute Gasteiger partial charge is 0.493 e. The zero-order chi connectivity index (χ0) is 19.6. The first kappa shape index (κ1) is 20.0. The minimum absolute atomic E-state index is 0.0202. The maximum atomic E-state index is 11.8. The van der Waals surface area contributed by atoms with Crippen molar-refractivity contribution < 1.29 is 19.2 Å². The van der Waals surface area contributed by atoms with E-state index in [0.717, 1.165) is 24.0 Å². The van der Waals surface area contributed by atoms with Crippen LogP contribution in [0.25, 0.3) is 6.08 Å². The molecule has 2 rings (SSSR count). The fourth-order valence-electron chi connectivity index (χ4n) is 2.48. The molecule has 0 spiro atoms. The first-order valence-electron chi connectivity index (χ1n) is 8.44. The van der Waals surface area contributed by atoms with Gasteiger partial charge in [0.25, 0.3) is 5.69 Å². The van der Waals surface area contributed by atoms with E-state index in [-0.39, 0.29) is 11.6 Å². The molecule has 0 aliphatic rings. The van der Waals surface area contributed by atoms with Crippen LogP contribution in [0.3, 0.4) is 0 Å². The Hall–Kier alpha value is -3.35. The van der Waals surface area contributed by atoms with Crippen LogP contribution in [0.1, 0.15) is 17.5 Å². The van der Waals surface area contributed by atoms with Crippen molar-refractivity contribution in [2.24, 2.45) is 0 Å². The molecule has 0 heterocycles. The number of carbonyl (C=O) groups is 1. The lowest BCUT2D eigenvalue weighted by molar-refractivity contribution is -0.384. The second-order valence-electron chi connectivity index (χ2n) is 5.77. The van der Waals surface area contributed by atoms with E-state index < -0.39 is 4.92 Å². The van der Waals surface area contributed by atoms with Crippen molar-refractivity contribution >= 4 is 17.7 Å². The van der Waals surface area contributed by atoms with Gasteiger partial charge >= 0.3 is 0 Å². The number of hydrogen-bond acceptors (Lipinski definition) is 5. The number of hydrogen-bond donors (Lipinski definition) is 1. The number of nitro groups is 1. The lowest BCUT2D eigenvalue weighted by Gasteiger charge is -2.09. The second kappa shape index (κ2) is 9.96. The molecule has 2 aromatic carbocycles. The molecule has 27 heavy (non-hydrogen) atoms. The number of amides is 1. The molecule has 0 aliphatic carbocycles. The normalized spacial score (nSPS) is 10.6. The summed E-state index contributed by atoms with van der Waals surface area (Å²) in [6.07, 6.45) is 4.62. The SMILES string of the molecule is COc1ccc(CCCNC(=O)/C=C/c2ccc([N+](=O)[O-])cc2)cc1OC. The number of ether oxygens (including phenoxy) is 2. The van der Waals surface area contributed by atoms with Gasteiger partial charge in [0.2, 0.25) is 5.91 Å². The molecule has 0 radical (unpaired) electrons. The Balaban J connectivity index is 1.76. The highest BCUT2D eigenvalue weighted by atomic mass is 16.6. The second-order valence-corrected chi connectivity index (χ2v) is 5.77. The molecule has 0 aromatic heterocycles. The number of rotatable bonds is 9. The lowest BCUT2D eigenvalue weighted by atomic mass is 10.1. The van der Waals surface area contributed by atoms with Crippen molar-refractivity contribution in [3.05, 3.63) is 69.8 Å². The summed E-state index contributed by atoms with van der Waals surface area (Å²) >= 11 is 0. The quantitative estimate of drug-likeness (QED) is 0.316. The third-order valence-corrected chi connectivity index (χ3v) is 3.92. The molecule has 1 amide bonds. The molecule has 2 aromatic rings. The standard InChI is InChI=1S/C20H22N2O5/c1-26-18-11-7-16(14-19(18)27-2)4-3-13-21-20(23)12-8-15-5-9-17(10-6-15)22(24)25/h5-12,14H,3-4,13H2,1-2H3,(H,21,23)/b12-8+. The average Bonchev–Trinajstić information content (AvgIpc) is 2.69. The Labute approximate surface area is 157 Å². The molecule has 142 valence electrons. The predicted molar refractivity (Wildman–Crippen MR) is 103 cm³/mol. The highest BCUT2D eigenvalue weighted by Gasteiger charge is 2.05. The predicted octanol–water partition coefficient (Wildman–Crippen LogP) is 3.37. The average molecular weight is 370 g/mol. The molecule has 7 nitrogen and oxygen atoms in total. The first-order chi connectivity index (χ1) is 13.0. The monoisotopic (exact) mass is 370 g/mol. The van der Waals surface area contributed by atoms with Gasteiger partial charge in [0.15, 0.2) is 11.5 Å². The van der Waals surface area contributed by atoms with Crippen LogP contribution in [0.5, 0.6) is 11.5 Å². The van der Waals surface area contributed by atoms with Gasteiger partial charge in [-0.3, -0.25) is 14.9 Å². The number of carbonyl (C=O) groups excluding carboxylic acids is 1. The van der Waals surface area contributed by atoms with Crippen molar-refractivity contribution in [3.8, 4) is 11.5 Å². The van der Waals surface area contributed by atoms with Gasteiger partial charge in [-0.15, -0.1) is 0 Å². The van der Waals surface area contributed by atoms with Gasteiger partial charge < -0.3 is 14.8 Å². The molecule has 7 heteroatoms. The number of benzene rings is 2. The Morgan fingerprint density at radius 3 is 2.44 bits per heavy atom. The lowest BCUT2D eigenvalue weighted by Crippen LogP contribution is -2.22. The van der Waals surface area contributed by atoms with E-state index in [1.165, 1.54) is 18.2 Å². The summed E-state index contributed by atoms with van der Waals surface area (Å²) in [7, 11) is 3.19. The Bertz CT molecular complexity index is 816. The fourth-order valence-corrected chi connectivity index (χ4v) is 2.48. The maximum absolute atomic E-state index is 11.8. The van der Waals surface area contributed by atoms with Crippen LogP contribution >= 0.6 is 0 Å². The minimum atomic E-state index is -0.460. The number of non-ortho nitro benzene ring substituents is 1. The number of nitrogens with zero attached hydrogens (tertiary/aromatic N) is 1.